The van der Waals surface area contributed by atoms with E-state index in [0.29, 0.717) is 18.8 Å². The zero-order valence-electron chi connectivity index (χ0n) is 13.1. The molecular weight excluding hydrogens is 264 g/mol. The third-order valence-electron chi connectivity index (χ3n) is 2.03. The van der Waals surface area contributed by atoms with Gasteiger partial charge in [-0.15, -0.1) is 0 Å². The summed E-state index contributed by atoms with van der Waals surface area (Å²) in [7, 11) is 1.33. The fourth-order valence-corrected chi connectivity index (χ4v) is 0.878. The highest BCUT2D eigenvalue weighted by molar-refractivity contribution is 5.86. The van der Waals surface area contributed by atoms with Gasteiger partial charge in [-0.2, -0.15) is 0 Å². The molecule has 120 valence electrons. The van der Waals surface area contributed by atoms with Gasteiger partial charge < -0.3 is 24.4 Å². The molecular formula is C14H28O6. The fraction of sp³-hybridized carbons (Fsp3) is 0.786. The van der Waals surface area contributed by atoms with Crippen LogP contribution < -0.4 is 0 Å². The average molecular weight is 292 g/mol. The molecule has 2 N–H and O–H groups in total. The molecule has 3 unspecified atom stereocenters. The van der Waals surface area contributed by atoms with Gasteiger partial charge in [0.1, 0.15) is 0 Å². The van der Waals surface area contributed by atoms with Crippen molar-refractivity contribution >= 4 is 5.97 Å². The quantitative estimate of drug-likeness (QED) is 0.511. The molecule has 0 aromatic rings. The van der Waals surface area contributed by atoms with Crippen molar-refractivity contribution in [2.75, 3.05) is 26.9 Å². The summed E-state index contributed by atoms with van der Waals surface area (Å²) in [6, 6.07) is 0. The van der Waals surface area contributed by atoms with Crippen molar-refractivity contribution in [3.8, 4) is 0 Å². The van der Waals surface area contributed by atoms with Crippen molar-refractivity contribution < 1.29 is 29.2 Å². The van der Waals surface area contributed by atoms with Crippen LogP contribution in [0.1, 0.15) is 27.7 Å². The van der Waals surface area contributed by atoms with Gasteiger partial charge in [0.2, 0.25) is 0 Å². The van der Waals surface area contributed by atoms with Gasteiger partial charge in [-0.25, -0.2) is 4.79 Å². The Labute approximate surface area is 121 Å². The summed E-state index contributed by atoms with van der Waals surface area (Å²) in [5, 5.41) is 17.6. The van der Waals surface area contributed by atoms with Crippen LogP contribution in [0.15, 0.2) is 12.2 Å². The number of carbonyl (C=O) groups excluding carboxylic acids is 1. The minimum atomic E-state index is -0.447. The zero-order chi connectivity index (χ0) is 16.1. The van der Waals surface area contributed by atoms with Gasteiger partial charge in [0.15, 0.2) is 0 Å². The largest absolute Gasteiger partial charge is 0.466 e. The van der Waals surface area contributed by atoms with Crippen LogP contribution in [0.3, 0.4) is 0 Å². The first-order chi connectivity index (χ1) is 9.24. The second kappa shape index (κ2) is 13.1. The molecule has 3 atom stereocenters. The topological polar surface area (TPSA) is 85.2 Å². The van der Waals surface area contributed by atoms with Crippen molar-refractivity contribution in [3.63, 3.8) is 0 Å². The van der Waals surface area contributed by atoms with Gasteiger partial charge in [0.25, 0.3) is 0 Å². The predicted molar refractivity (Wildman–Crippen MR) is 76.4 cm³/mol. The highest BCUT2D eigenvalue weighted by atomic mass is 16.5. The highest BCUT2D eigenvalue weighted by Crippen LogP contribution is 1.97. The molecule has 0 bridgehead atoms. The smallest absolute Gasteiger partial charge is 0.332 e. The summed E-state index contributed by atoms with van der Waals surface area (Å²) in [4.78, 5) is 10.2. The second-order valence-electron chi connectivity index (χ2n) is 4.59. The van der Waals surface area contributed by atoms with Crippen molar-refractivity contribution in [1.82, 2.24) is 0 Å². The average Bonchev–Trinajstić information content (AvgIpc) is 2.41. The molecule has 0 fully saturated rings. The molecule has 0 spiro atoms. The first-order valence-electron chi connectivity index (χ1n) is 6.50. The fourth-order valence-electron chi connectivity index (χ4n) is 0.878. The van der Waals surface area contributed by atoms with Crippen LogP contribution in [0, 0.1) is 0 Å². The predicted octanol–water partition coefficient (Wildman–Crippen LogP) is 0.905. The number of hydrogen-bond donors (Lipinski definition) is 2. The molecule has 0 aromatic carbocycles. The lowest BCUT2D eigenvalue weighted by Crippen LogP contribution is -2.24. The van der Waals surface area contributed by atoms with Crippen molar-refractivity contribution in [2.24, 2.45) is 0 Å². The molecule has 0 amide bonds. The van der Waals surface area contributed by atoms with E-state index in [0.717, 1.165) is 0 Å². The van der Waals surface area contributed by atoms with E-state index in [-0.39, 0.29) is 24.8 Å². The van der Waals surface area contributed by atoms with Crippen molar-refractivity contribution in [1.29, 1.82) is 0 Å². The maximum Gasteiger partial charge on any atom is 0.332 e. The maximum atomic E-state index is 10.2. The van der Waals surface area contributed by atoms with Gasteiger partial charge in [0, 0.05) is 5.57 Å². The lowest BCUT2D eigenvalue weighted by atomic mass is 10.4. The Bertz CT molecular complexity index is 264. The molecule has 0 heterocycles. The summed E-state index contributed by atoms with van der Waals surface area (Å²) < 4.78 is 14.7. The monoisotopic (exact) mass is 292 g/mol. The normalized spacial score (nSPS) is 14.6. The van der Waals surface area contributed by atoms with E-state index in [4.69, 9.17) is 19.7 Å². The molecule has 0 aromatic heterocycles. The van der Waals surface area contributed by atoms with Gasteiger partial charge in [-0.1, -0.05) is 6.58 Å². The van der Waals surface area contributed by atoms with Crippen LogP contribution in [0.4, 0.5) is 0 Å². The first kappa shape index (κ1) is 21.4. The number of carbonyl (C=O) groups is 1. The van der Waals surface area contributed by atoms with Crippen LogP contribution in [0.25, 0.3) is 0 Å². The van der Waals surface area contributed by atoms with Crippen molar-refractivity contribution in [3.05, 3.63) is 12.2 Å². The standard InChI is InChI=1S/C9H20O4.C5H8O2/c1-7(11)5-12-9(3)6-13-8(2)4-10;1-4(2)5(6)7-3/h7-11H,4-6H2,1-3H3;1H2,2-3H3. The molecule has 0 aliphatic carbocycles. The minimum absolute atomic E-state index is 0.0170. The van der Waals surface area contributed by atoms with Gasteiger partial charge >= 0.3 is 5.97 Å². The van der Waals surface area contributed by atoms with E-state index >= 15 is 0 Å². The summed E-state index contributed by atoms with van der Waals surface area (Å²) in [6.45, 7) is 11.1. The van der Waals surface area contributed by atoms with Crippen molar-refractivity contribution in [2.45, 2.75) is 46.0 Å². The van der Waals surface area contributed by atoms with E-state index in [1.165, 1.54) is 7.11 Å². The minimum Gasteiger partial charge on any atom is -0.466 e. The van der Waals surface area contributed by atoms with E-state index in [9.17, 15) is 4.79 Å². The molecule has 0 saturated carbocycles. The molecule has 0 aliphatic heterocycles. The zero-order valence-corrected chi connectivity index (χ0v) is 13.1. The Hall–Kier alpha value is -0.950. The third-order valence-corrected chi connectivity index (χ3v) is 2.03. The van der Waals surface area contributed by atoms with E-state index in [1.54, 1.807) is 20.8 Å². The Balaban J connectivity index is 0. The Morgan fingerprint density at radius 2 is 1.65 bits per heavy atom. The summed E-state index contributed by atoms with van der Waals surface area (Å²) in [5.74, 6) is -0.347. The highest BCUT2D eigenvalue weighted by Gasteiger charge is 2.07. The van der Waals surface area contributed by atoms with Gasteiger partial charge in [-0.05, 0) is 27.7 Å². The van der Waals surface area contributed by atoms with Crippen LogP contribution >= 0.6 is 0 Å². The molecule has 6 nitrogen and oxygen atoms in total. The van der Waals surface area contributed by atoms with E-state index < -0.39 is 6.10 Å². The molecule has 20 heavy (non-hydrogen) atoms. The maximum absolute atomic E-state index is 10.2. The first-order valence-corrected chi connectivity index (χ1v) is 6.50. The number of hydrogen-bond acceptors (Lipinski definition) is 6. The molecule has 0 rings (SSSR count). The summed E-state index contributed by atoms with van der Waals surface area (Å²) in [5.41, 5.74) is 0.433. The van der Waals surface area contributed by atoms with Gasteiger partial charge in [-0.3, -0.25) is 0 Å². The Morgan fingerprint density at radius 3 is 1.95 bits per heavy atom. The summed E-state index contributed by atoms with van der Waals surface area (Å²) in [6.07, 6.45) is -0.654. The Kier molecular flexibility index (Phi) is 13.9. The Morgan fingerprint density at radius 1 is 1.15 bits per heavy atom. The summed E-state index contributed by atoms with van der Waals surface area (Å²) >= 11 is 0. The number of rotatable bonds is 8. The van der Waals surface area contributed by atoms with E-state index in [1.807, 2.05) is 6.92 Å². The van der Waals surface area contributed by atoms with E-state index in [2.05, 4.69) is 11.3 Å². The molecule has 0 aliphatic rings. The number of aliphatic hydroxyl groups excluding tert-OH is 2. The number of methoxy groups -OCH3 is 1. The molecule has 0 radical (unpaired) electrons. The van der Waals surface area contributed by atoms with Crippen LogP contribution in [0.5, 0.6) is 0 Å². The lowest BCUT2D eigenvalue weighted by molar-refractivity contribution is -0.136. The SMILES string of the molecule is C=C(C)C(=O)OC.CC(O)COC(C)COC(C)CO. The van der Waals surface area contributed by atoms with Crippen LogP contribution in [-0.2, 0) is 19.0 Å². The van der Waals surface area contributed by atoms with Gasteiger partial charge in [0.05, 0.1) is 45.2 Å². The van der Waals surface area contributed by atoms with Crippen LogP contribution in [-0.4, -0.2) is 61.4 Å². The molecule has 0 saturated heterocycles. The second-order valence-corrected chi connectivity index (χ2v) is 4.59. The number of esters is 1. The molecule has 6 heteroatoms. The number of ether oxygens (including phenoxy) is 3. The third kappa shape index (κ3) is 15.1. The number of aliphatic hydroxyl groups is 2. The van der Waals surface area contributed by atoms with Crippen LogP contribution in [0.2, 0.25) is 0 Å². The lowest BCUT2D eigenvalue weighted by Gasteiger charge is -2.16.